The summed E-state index contributed by atoms with van der Waals surface area (Å²) in [4.78, 5) is 0.731. The summed E-state index contributed by atoms with van der Waals surface area (Å²) >= 11 is 5.97. The van der Waals surface area contributed by atoms with E-state index in [1.807, 2.05) is 18.2 Å². The summed E-state index contributed by atoms with van der Waals surface area (Å²) < 4.78 is 11.9. The zero-order valence-electron chi connectivity index (χ0n) is 9.49. The zero-order valence-corrected chi connectivity index (χ0v) is 11.1. The van der Waals surface area contributed by atoms with Crippen molar-refractivity contribution in [2.45, 2.75) is 37.1 Å². The van der Waals surface area contributed by atoms with Crippen molar-refractivity contribution in [1.29, 1.82) is 0 Å². The molecule has 16 heavy (non-hydrogen) atoms. The molecule has 90 valence electrons. The largest absolute Gasteiger partial charge is 0.328 e. The molecule has 0 saturated heterocycles. The van der Waals surface area contributed by atoms with Crippen molar-refractivity contribution in [1.82, 2.24) is 0 Å². The molecule has 0 bridgehead atoms. The van der Waals surface area contributed by atoms with Gasteiger partial charge in [0.25, 0.3) is 0 Å². The highest BCUT2D eigenvalue weighted by Gasteiger charge is 2.08. The summed E-state index contributed by atoms with van der Waals surface area (Å²) in [5.74, 6) is 0.636. The van der Waals surface area contributed by atoms with Gasteiger partial charge in [-0.3, -0.25) is 4.21 Å². The Morgan fingerprint density at radius 3 is 2.75 bits per heavy atom. The third kappa shape index (κ3) is 4.24. The van der Waals surface area contributed by atoms with Crippen molar-refractivity contribution in [3.05, 3.63) is 29.3 Å². The lowest BCUT2D eigenvalue weighted by atomic mass is 10.1. The smallest absolute Gasteiger partial charge is 0.0574 e. The monoisotopic (exact) mass is 259 g/mol. The quantitative estimate of drug-likeness (QED) is 0.854. The van der Waals surface area contributed by atoms with Gasteiger partial charge in [0.15, 0.2) is 0 Å². The molecule has 4 heteroatoms. The fourth-order valence-electron chi connectivity index (χ4n) is 1.42. The van der Waals surface area contributed by atoms with E-state index in [2.05, 4.69) is 6.92 Å². The lowest BCUT2D eigenvalue weighted by Gasteiger charge is -2.08. The summed E-state index contributed by atoms with van der Waals surface area (Å²) in [7, 11) is -1.00. The first-order valence-corrected chi connectivity index (χ1v) is 7.23. The summed E-state index contributed by atoms with van der Waals surface area (Å²) in [5.41, 5.74) is 5.80. The van der Waals surface area contributed by atoms with Gasteiger partial charge in [-0.05, 0) is 31.4 Å². The van der Waals surface area contributed by atoms with Gasteiger partial charge in [0.1, 0.15) is 0 Å². The molecule has 2 unspecified atom stereocenters. The molecule has 1 aromatic rings. The lowest BCUT2D eigenvalue weighted by Crippen LogP contribution is -2.19. The first-order chi connectivity index (χ1) is 7.65. The van der Waals surface area contributed by atoms with E-state index < -0.39 is 10.8 Å². The number of rotatable bonds is 6. The molecule has 0 aliphatic heterocycles. The molecule has 2 atom stereocenters. The molecule has 0 heterocycles. The molecule has 0 spiro atoms. The van der Waals surface area contributed by atoms with E-state index in [1.54, 1.807) is 6.07 Å². The number of halogens is 1. The third-order valence-electron chi connectivity index (χ3n) is 2.51. The van der Waals surface area contributed by atoms with Crippen LogP contribution in [0.15, 0.2) is 29.2 Å². The highest BCUT2D eigenvalue weighted by molar-refractivity contribution is 7.85. The topological polar surface area (TPSA) is 43.1 Å². The standard InChI is InChI=1S/C12H18ClNOS/c1-2-10(14)6-5-9-16(15)12-8-4-3-7-11(12)13/h3-4,7-8,10H,2,5-6,9,14H2,1H3. The minimum atomic E-state index is -1.00. The Hall–Kier alpha value is -0.380. The van der Waals surface area contributed by atoms with E-state index in [0.717, 1.165) is 24.2 Å². The number of benzene rings is 1. The van der Waals surface area contributed by atoms with Crippen molar-refractivity contribution in [3.63, 3.8) is 0 Å². The second-order valence-electron chi connectivity index (χ2n) is 3.79. The fraction of sp³-hybridized carbons (Fsp3) is 0.500. The maximum atomic E-state index is 11.9. The molecule has 1 aromatic carbocycles. The molecule has 0 saturated carbocycles. The van der Waals surface area contributed by atoms with Gasteiger partial charge in [0, 0.05) is 11.8 Å². The van der Waals surface area contributed by atoms with Gasteiger partial charge in [0.2, 0.25) is 0 Å². The number of hydrogen-bond acceptors (Lipinski definition) is 2. The predicted octanol–water partition coefficient (Wildman–Crippen LogP) is 2.97. The van der Waals surface area contributed by atoms with Crippen LogP contribution in [0.25, 0.3) is 0 Å². The Labute approximate surface area is 105 Å². The summed E-state index contributed by atoms with van der Waals surface area (Å²) in [6, 6.07) is 7.51. The molecule has 0 fully saturated rings. The van der Waals surface area contributed by atoms with Gasteiger partial charge in [-0.25, -0.2) is 0 Å². The Morgan fingerprint density at radius 1 is 1.44 bits per heavy atom. The molecule has 2 nitrogen and oxygen atoms in total. The van der Waals surface area contributed by atoms with Crippen molar-refractivity contribution in [2.75, 3.05) is 5.75 Å². The minimum Gasteiger partial charge on any atom is -0.328 e. The Balaban J connectivity index is 2.44. The van der Waals surface area contributed by atoms with Crippen molar-refractivity contribution >= 4 is 22.4 Å². The van der Waals surface area contributed by atoms with Gasteiger partial charge < -0.3 is 5.73 Å². The van der Waals surface area contributed by atoms with Crippen molar-refractivity contribution in [2.24, 2.45) is 5.73 Å². The molecule has 2 N–H and O–H groups in total. The molecular weight excluding hydrogens is 242 g/mol. The van der Waals surface area contributed by atoms with Crippen LogP contribution in [0.2, 0.25) is 5.02 Å². The van der Waals surface area contributed by atoms with Crippen LogP contribution in [0.4, 0.5) is 0 Å². The van der Waals surface area contributed by atoms with Crippen LogP contribution in [0.1, 0.15) is 26.2 Å². The third-order valence-corrected chi connectivity index (χ3v) is 4.46. The fourth-order valence-corrected chi connectivity index (χ4v) is 2.98. The molecule has 0 aliphatic carbocycles. The highest BCUT2D eigenvalue weighted by atomic mass is 35.5. The van der Waals surface area contributed by atoms with E-state index in [-0.39, 0.29) is 6.04 Å². The summed E-state index contributed by atoms with van der Waals surface area (Å²) in [6.45, 7) is 2.07. The van der Waals surface area contributed by atoms with Crippen molar-refractivity contribution < 1.29 is 4.21 Å². The Morgan fingerprint density at radius 2 is 2.12 bits per heavy atom. The molecule has 1 rings (SSSR count). The summed E-state index contributed by atoms with van der Waals surface area (Å²) in [5, 5.41) is 0.584. The SMILES string of the molecule is CCC(N)CCCS(=O)c1ccccc1Cl. The maximum absolute atomic E-state index is 11.9. The lowest BCUT2D eigenvalue weighted by molar-refractivity contribution is 0.586. The first kappa shape index (κ1) is 13.7. The predicted molar refractivity (Wildman–Crippen MR) is 70.2 cm³/mol. The van der Waals surface area contributed by atoms with Gasteiger partial charge in [-0.2, -0.15) is 0 Å². The van der Waals surface area contributed by atoms with Gasteiger partial charge in [0.05, 0.1) is 20.7 Å². The van der Waals surface area contributed by atoms with Crippen LogP contribution in [-0.2, 0) is 10.8 Å². The molecule has 0 aliphatic rings. The molecule has 0 radical (unpaired) electrons. The van der Waals surface area contributed by atoms with E-state index in [4.69, 9.17) is 17.3 Å². The van der Waals surface area contributed by atoms with Crippen LogP contribution >= 0.6 is 11.6 Å². The zero-order chi connectivity index (χ0) is 12.0. The molecular formula is C12H18ClNOS. The summed E-state index contributed by atoms with van der Waals surface area (Å²) in [6.07, 6.45) is 2.78. The van der Waals surface area contributed by atoms with Crippen LogP contribution in [0, 0.1) is 0 Å². The highest BCUT2D eigenvalue weighted by Crippen LogP contribution is 2.19. The van der Waals surface area contributed by atoms with Crippen LogP contribution in [-0.4, -0.2) is 16.0 Å². The van der Waals surface area contributed by atoms with Crippen LogP contribution in [0.3, 0.4) is 0 Å². The Kier molecular flexibility index (Phi) is 6.03. The van der Waals surface area contributed by atoms with Crippen LogP contribution in [0.5, 0.6) is 0 Å². The van der Waals surface area contributed by atoms with E-state index in [0.29, 0.717) is 10.8 Å². The van der Waals surface area contributed by atoms with E-state index >= 15 is 0 Å². The van der Waals surface area contributed by atoms with Crippen LogP contribution < -0.4 is 5.73 Å². The number of nitrogens with two attached hydrogens (primary N) is 1. The van der Waals surface area contributed by atoms with E-state index in [9.17, 15) is 4.21 Å². The molecule has 0 aromatic heterocycles. The first-order valence-electron chi connectivity index (χ1n) is 5.53. The van der Waals surface area contributed by atoms with Gasteiger partial charge in [-0.15, -0.1) is 0 Å². The minimum absolute atomic E-state index is 0.225. The average Bonchev–Trinajstić information content (AvgIpc) is 2.29. The van der Waals surface area contributed by atoms with Gasteiger partial charge in [-0.1, -0.05) is 30.7 Å². The maximum Gasteiger partial charge on any atom is 0.0574 e. The second kappa shape index (κ2) is 7.05. The van der Waals surface area contributed by atoms with Gasteiger partial charge >= 0.3 is 0 Å². The van der Waals surface area contributed by atoms with E-state index in [1.165, 1.54) is 0 Å². The normalized spacial score (nSPS) is 14.7. The average molecular weight is 260 g/mol. The van der Waals surface area contributed by atoms with Crippen molar-refractivity contribution in [3.8, 4) is 0 Å². The molecule has 0 amide bonds. The second-order valence-corrected chi connectivity index (χ2v) is 5.74. The Bertz CT molecular complexity index is 357. The number of hydrogen-bond donors (Lipinski definition) is 1.